The molecule has 1 unspecified atom stereocenters. The minimum atomic E-state index is -0.225. The Hall–Kier alpha value is -2.50. The molecule has 1 N–H and O–H groups in total. The highest BCUT2D eigenvalue weighted by Crippen LogP contribution is 2.30. The maximum absolute atomic E-state index is 11.9. The van der Waals surface area contributed by atoms with Crippen molar-refractivity contribution >= 4 is 5.91 Å². The van der Waals surface area contributed by atoms with Crippen molar-refractivity contribution in [3.05, 3.63) is 41.3 Å². The highest BCUT2D eigenvalue weighted by atomic mass is 16.5. The second-order valence-electron chi connectivity index (χ2n) is 5.39. The van der Waals surface area contributed by atoms with Crippen molar-refractivity contribution in [3.8, 4) is 11.5 Å². The van der Waals surface area contributed by atoms with Gasteiger partial charge in [0.15, 0.2) is 5.69 Å². The molecule has 1 aromatic heterocycles. The van der Waals surface area contributed by atoms with E-state index in [4.69, 9.17) is 14.0 Å². The number of methoxy groups -OCH3 is 1. The average Bonchev–Trinajstić information content (AvgIpc) is 2.98. The maximum Gasteiger partial charge on any atom is 0.273 e. The highest BCUT2D eigenvalue weighted by molar-refractivity contribution is 5.92. The number of hydrogen-bond donors (Lipinski definition) is 1. The molecule has 2 aromatic rings. The van der Waals surface area contributed by atoms with Gasteiger partial charge in [0.25, 0.3) is 5.91 Å². The van der Waals surface area contributed by atoms with Gasteiger partial charge in [-0.1, -0.05) is 11.2 Å². The van der Waals surface area contributed by atoms with Gasteiger partial charge in [-0.05, 0) is 25.0 Å². The van der Waals surface area contributed by atoms with Gasteiger partial charge in [-0.3, -0.25) is 4.79 Å². The lowest BCUT2D eigenvalue weighted by Gasteiger charge is -2.25. The van der Waals surface area contributed by atoms with Crippen LogP contribution >= 0.6 is 0 Å². The number of ether oxygens (including phenoxy) is 2. The number of rotatable bonds is 4. The summed E-state index contributed by atoms with van der Waals surface area (Å²) in [5.41, 5.74) is 1.43. The first-order valence-electron chi connectivity index (χ1n) is 7.17. The summed E-state index contributed by atoms with van der Waals surface area (Å²) < 4.78 is 15.8. The number of carbonyl (C=O) groups excluding carboxylic acids is 1. The molecule has 2 heterocycles. The number of hydrogen-bond acceptors (Lipinski definition) is 5. The largest absolute Gasteiger partial charge is 0.497 e. The number of carbonyl (C=O) groups is 1. The summed E-state index contributed by atoms with van der Waals surface area (Å²) in [6.45, 7) is 2.86. The fraction of sp³-hybridized carbons (Fsp3) is 0.375. The van der Waals surface area contributed by atoms with Crippen LogP contribution in [0.3, 0.4) is 0 Å². The number of nitrogens with zero attached hydrogens (tertiary/aromatic N) is 1. The van der Waals surface area contributed by atoms with E-state index >= 15 is 0 Å². The van der Waals surface area contributed by atoms with Crippen LogP contribution in [-0.2, 0) is 6.42 Å². The molecule has 1 aliphatic rings. The third-order valence-corrected chi connectivity index (χ3v) is 3.67. The topological polar surface area (TPSA) is 73.6 Å². The van der Waals surface area contributed by atoms with Crippen molar-refractivity contribution in [2.24, 2.45) is 5.92 Å². The van der Waals surface area contributed by atoms with Gasteiger partial charge in [-0.2, -0.15) is 0 Å². The smallest absolute Gasteiger partial charge is 0.273 e. The van der Waals surface area contributed by atoms with Gasteiger partial charge in [-0.15, -0.1) is 0 Å². The molecule has 1 atom stereocenters. The second kappa shape index (κ2) is 6.09. The number of aromatic nitrogens is 1. The molecular formula is C16H18N2O4. The van der Waals surface area contributed by atoms with Crippen LogP contribution in [0.25, 0.3) is 0 Å². The summed E-state index contributed by atoms with van der Waals surface area (Å²) in [7, 11) is 1.63. The first-order valence-corrected chi connectivity index (χ1v) is 7.17. The molecule has 0 bridgehead atoms. The molecule has 22 heavy (non-hydrogen) atoms. The quantitative estimate of drug-likeness (QED) is 0.934. The molecular weight excluding hydrogens is 284 g/mol. The van der Waals surface area contributed by atoms with E-state index in [0.717, 1.165) is 23.5 Å². The Bertz CT molecular complexity index is 681. The highest BCUT2D eigenvalue weighted by Gasteiger charge is 2.21. The van der Waals surface area contributed by atoms with Gasteiger partial charge in [0.1, 0.15) is 17.3 Å². The zero-order valence-electron chi connectivity index (χ0n) is 12.6. The summed E-state index contributed by atoms with van der Waals surface area (Å²) in [6, 6.07) is 7.43. The molecule has 3 rings (SSSR count). The summed E-state index contributed by atoms with van der Waals surface area (Å²) in [5.74, 6) is 2.27. The van der Waals surface area contributed by atoms with Gasteiger partial charge in [0.05, 0.1) is 13.7 Å². The lowest BCUT2D eigenvalue weighted by Crippen LogP contribution is -2.34. The first-order chi connectivity index (χ1) is 10.7. The van der Waals surface area contributed by atoms with Gasteiger partial charge in [-0.25, -0.2) is 0 Å². The molecule has 0 saturated carbocycles. The van der Waals surface area contributed by atoms with Crippen molar-refractivity contribution in [3.63, 3.8) is 0 Å². The molecule has 0 aliphatic carbocycles. The number of aryl methyl sites for hydroxylation is 1. The zero-order chi connectivity index (χ0) is 15.5. The van der Waals surface area contributed by atoms with Gasteiger partial charge < -0.3 is 19.3 Å². The Labute approximate surface area is 128 Å². The number of amides is 1. The van der Waals surface area contributed by atoms with Crippen LogP contribution < -0.4 is 14.8 Å². The van der Waals surface area contributed by atoms with Crippen molar-refractivity contribution in [1.82, 2.24) is 10.5 Å². The van der Waals surface area contributed by atoms with Crippen LogP contribution in [0.4, 0.5) is 0 Å². The van der Waals surface area contributed by atoms with E-state index in [2.05, 4.69) is 10.5 Å². The Morgan fingerprint density at radius 2 is 2.32 bits per heavy atom. The molecule has 1 aromatic carbocycles. The molecule has 0 radical (unpaired) electrons. The van der Waals surface area contributed by atoms with Crippen LogP contribution in [0.1, 0.15) is 21.8 Å². The number of fused-ring (bicyclic) bond motifs is 1. The van der Waals surface area contributed by atoms with Crippen LogP contribution in [0.5, 0.6) is 11.5 Å². The average molecular weight is 302 g/mol. The fourth-order valence-corrected chi connectivity index (χ4v) is 2.47. The molecule has 0 saturated heterocycles. The molecule has 6 heteroatoms. The van der Waals surface area contributed by atoms with Gasteiger partial charge in [0, 0.05) is 24.6 Å². The molecule has 116 valence electrons. The van der Waals surface area contributed by atoms with Crippen LogP contribution in [0.15, 0.2) is 28.8 Å². The third kappa shape index (κ3) is 3.05. The standard InChI is InChI=1S/C16H18N2O4/c1-10-5-14(18-22-10)16(19)17-8-11-6-12-3-4-13(20-2)7-15(12)21-9-11/h3-5,7,11H,6,8-9H2,1-2H3,(H,17,19). The third-order valence-electron chi connectivity index (χ3n) is 3.67. The van der Waals surface area contributed by atoms with Crippen molar-refractivity contribution < 1.29 is 18.8 Å². The number of benzene rings is 1. The summed E-state index contributed by atoms with van der Waals surface area (Å²) >= 11 is 0. The predicted molar refractivity (Wildman–Crippen MR) is 79.3 cm³/mol. The van der Waals surface area contributed by atoms with E-state index in [-0.39, 0.29) is 11.8 Å². The molecule has 1 aliphatic heterocycles. The zero-order valence-corrected chi connectivity index (χ0v) is 12.6. The lowest BCUT2D eigenvalue weighted by atomic mass is 9.96. The van der Waals surface area contributed by atoms with E-state index in [0.29, 0.717) is 24.6 Å². The van der Waals surface area contributed by atoms with E-state index in [1.807, 2.05) is 18.2 Å². The van der Waals surface area contributed by atoms with E-state index in [9.17, 15) is 4.79 Å². The van der Waals surface area contributed by atoms with E-state index in [1.54, 1.807) is 20.1 Å². The summed E-state index contributed by atoms with van der Waals surface area (Å²) in [6.07, 6.45) is 0.859. The Morgan fingerprint density at radius 3 is 3.05 bits per heavy atom. The van der Waals surface area contributed by atoms with E-state index in [1.165, 1.54) is 0 Å². The molecule has 1 amide bonds. The fourth-order valence-electron chi connectivity index (χ4n) is 2.47. The first kappa shape index (κ1) is 14.4. The van der Waals surface area contributed by atoms with Crippen LogP contribution in [0, 0.1) is 12.8 Å². The normalized spacial score (nSPS) is 16.5. The van der Waals surface area contributed by atoms with Gasteiger partial charge in [0.2, 0.25) is 0 Å². The molecule has 0 spiro atoms. The summed E-state index contributed by atoms with van der Waals surface area (Å²) in [5, 5.41) is 6.57. The monoisotopic (exact) mass is 302 g/mol. The molecule has 0 fully saturated rings. The lowest BCUT2D eigenvalue weighted by molar-refractivity contribution is 0.0930. The van der Waals surface area contributed by atoms with Crippen LogP contribution in [0.2, 0.25) is 0 Å². The number of nitrogens with one attached hydrogen (secondary N) is 1. The molecule has 6 nitrogen and oxygen atoms in total. The van der Waals surface area contributed by atoms with E-state index < -0.39 is 0 Å². The van der Waals surface area contributed by atoms with Crippen molar-refractivity contribution in [2.45, 2.75) is 13.3 Å². The summed E-state index contributed by atoms with van der Waals surface area (Å²) in [4.78, 5) is 11.9. The van der Waals surface area contributed by atoms with Crippen molar-refractivity contribution in [2.75, 3.05) is 20.3 Å². The predicted octanol–water partition coefficient (Wildman–Crippen LogP) is 1.97. The maximum atomic E-state index is 11.9. The Balaban J connectivity index is 1.57. The van der Waals surface area contributed by atoms with Crippen LogP contribution in [-0.4, -0.2) is 31.3 Å². The van der Waals surface area contributed by atoms with Gasteiger partial charge >= 0.3 is 0 Å². The minimum Gasteiger partial charge on any atom is -0.497 e. The second-order valence-corrected chi connectivity index (χ2v) is 5.39. The van der Waals surface area contributed by atoms with Crippen molar-refractivity contribution in [1.29, 1.82) is 0 Å². The minimum absolute atomic E-state index is 0.225. The SMILES string of the molecule is COc1ccc2c(c1)OCC(CNC(=O)c1cc(C)on1)C2. The Kier molecular flexibility index (Phi) is 4.00. The Morgan fingerprint density at radius 1 is 1.45 bits per heavy atom.